The van der Waals surface area contributed by atoms with E-state index in [-0.39, 0.29) is 6.10 Å². The number of phenolic OH excluding ortho intramolecular Hbond substituents is 1. The van der Waals surface area contributed by atoms with Crippen molar-refractivity contribution >= 4 is 0 Å². The summed E-state index contributed by atoms with van der Waals surface area (Å²) in [5, 5.41) is 19.8. The van der Waals surface area contributed by atoms with Crippen LogP contribution in [0.1, 0.15) is 49.1 Å². The van der Waals surface area contributed by atoms with Crippen LogP contribution >= 0.6 is 0 Å². The Kier molecular flexibility index (Phi) is 3.00. The number of hydrogen-bond acceptors (Lipinski definition) is 3. The Labute approximate surface area is 125 Å². The van der Waals surface area contributed by atoms with E-state index in [2.05, 4.69) is 0 Å². The lowest BCUT2D eigenvalue weighted by Gasteiger charge is -2.36. The first-order valence-electron chi connectivity index (χ1n) is 7.97. The number of allylic oxidation sites excluding steroid dienone is 1. The number of rotatable bonds is 1. The maximum Gasteiger partial charge on any atom is 0.126 e. The van der Waals surface area contributed by atoms with Crippen molar-refractivity contribution in [3.05, 3.63) is 34.4 Å². The highest BCUT2D eigenvalue weighted by atomic mass is 16.5. The van der Waals surface area contributed by atoms with E-state index in [9.17, 15) is 10.2 Å². The third-order valence-electron chi connectivity index (χ3n) is 5.59. The van der Waals surface area contributed by atoms with E-state index in [1.807, 2.05) is 6.07 Å². The van der Waals surface area contributed by atoms with E-state index >= 15 is 0 Å². The standard InChI is InChI=1S/C18H22O3/c1-21-17-9-13(20)7-11-3-4-14-15(18(11)17)5-2-10-6-12(19)8-16(10)14/h7,9-10,12,15,19-20H,2-6,8H2,1H3. The molecule has 0 spiro atoms. The number of methoxy groups -OCH3 is 1. The molecule has 0 radical (unpaired) electrons. The first kappa shape index (κ1) is 13.2. The zero-order valence-corrected chi connectivity index (χ0v) is 12.4. The van der Waals surface area contributed by atoms with Crippen LogP contribution in [0, 0.1) is 5.92 Å². The van der Waals surface area contributed by atoms with Gasteiger partial charge in [0.15, 0.2) is 0 Å². The molecule has 0 amide bonds. The van der Waals surface area contributed by atoms with Gasteiger partial charge in [-0.2, -0.15) is 0 Å². The van der Waals surface area contributed by atoms with Crippen molar-refractivity contribution in [2.45, 2.75) is 50.5 Å². The molecule has 0 aromatic heterocycles. The molecule has 4 rings (SSSR count). The summed E-state index contributed by atoms with van der Waals surface area (Å²) < 4.78 is 5.54. The molecule has 1 aromatic carbocycles. The van der Waals surface area contributed by atoms with Gasteiger partial charge in [0, 0.05) is 17.5 Å². The van der Waals surface area contributed by atoms with Gasteiger partial charge in [0.25, 0.3) is 0 Å². The Morgan fingerprint density at radius 2 is 2.00 bits per heavy atom. The average molecular weight is 286 g/mol. The first-order chi connectivity index (χ1) is 10.2. The zero-order chi connectivity index (χ0) is 14.6. The second-order valence-electron chi connectivity index (χ2n) is 6.69. The summed E-state index contributed by atoms with van der Waals surface area (Å²) in [4.78, 5) is 0. The van der Waals surface area contributed by atoms with Crippen LogP contribution in [0.2, 0.25) is 0 Å². The molecular weight excluding hydrogens is 264 g/mol. The normalized spacial score (nSPS) is 30.7. The van der Waals surface area contributed by atoms with Crippen molar-refractivity contribution in [1.82, 2.24) is 0 Å². The second kappa shape index (κ2) is 4.77. The molecule has 0 heterocycles. The fourth-order valence-corrected chi connectivity index (χ4v) is 4.79. The minimum atomic E-state index is -0.139. The van der Waals surface area contributed by atoms with Crippen LogP contribution in [0.3, 0.4) is 0 Å². The SMILES string of the molecule is COc1cc(O)cc2c1C1CCC3CC(O)CC3=C1CC2. The van der Waals surface area contributed by atoms with Crippen LogP contribution < -0.4 is 4.74 Å². The summed E-state index contributed by atoms with van der Waals surface area (Å²) in [6, 6.07) is 3.64. The molecule has 112 valence electrons. The number of benzene rings is 1. The lowest BCUT2D eigenvalue weighted by molar-refractivity contribution is 0.177. The number of aliphatic hydroxyl groups is 1. The summed E-state index contributed by atoms with van der Waals surface area (Å²) in [5.41, 5.74) is 5.60. The van der Waals surface area contributed by atoms with Gasteiger partial charge in [-0.1, -0.05) is 11.1 Å². The Morgan fingerprint density at radius 3 is 2.81 bits per heavy atom. The number of aromatic hydroxyl groups is 1. The van der Waals surface area contributed by atoms with Crippen molar-refractivity contribution in [1.29, 1.82) is 0 Å². The Morgan fingerprint density at radius 1 is 1.14 bits per heavy atom. The van der Waals surface area contributed by atoms with Crippen molar-refractivity contribution in [3.8, 4) is 11.5 Å². The van der Waals surface area contributed by atoms with Gasteiger partial charge >= 0.3 is 0 Å². The van der Waals surface area contributed by atoms with E-state index in [0.717, 1.165) is 37.9 Å². The molecule has 3 atom stereocenters. The summed E-state index contributed by atoms with van der Waals surface area (Å²) >= 11 is 0. The lowest BCUT2D eigenvalue weighted by Crippen LogP contribution is -2.21. The fraction of sp³-hybridized carbons (Fsp3) is 0.556. The van der Waals surface area contributed by atoms with Gasteiger partial charge < -0.3 is 14.9 Å². The average Bonchev–Trinajstić information content (AvgIpc) is 2.86. The molecule has 0 bridgehead atoms. The number of hydrogen-bond donors (Lipinski definition) is 2. The maximum absolute atomic E-state index is 9.99. The monoisotopic (exact) mass is 286 g/mol. The molecule has 0 aliphatic heterocycles. The largest absolute Gasteiger partial charge is 0.508 e. The highest BCUT2D eigenvalue weighted by Crippen LogP contribution is 2.53. The predicted octanol–water partition coefficient (Wildman–Crippen LogP) is 3.29. The van der Waals surface area contributed by atoms with Crippen molar-refractivity contribution < 1.29 is 14.9 Å². The van der Waals surface area contributed by atoms with E-state index in [1.165, 1.54) is 23.1 Å². The van der Waals surface area contributed by atoms with Gasteiger partial charge in [0.05, 0.1) is 13.2 Å². The molecule has 3 nitrogen and oxygen atoms in total. The van der Waals surface area contributed by atoms with Crippen LogP contribution in [0.4, 0.5) is 0 Å². The molecule has 3 unspecified atom stereocenters. The van der Waals surface area contributed by atoms with E-state index in [4.69, 9.17) is 4.74 Å². The molecule has 21 heavy (non-hydrogen) atoms. The van der Waals surface area contributed by atoms with E-state index < -0.39 is 0 Å². The number of fused-ring (bicyclic) bond motifs is 4. The van der Waals surface area contributed by atoms with Crippen LogP contribution in [-0.2, 0) is 6.42 Å². The van der Waals surface area contributed by atoms with Gasteiger partial charge in [-0.15, -0.1) is 0 Å². The highest BCUT2D eigenvalue weighted by molar-refractivity contribution is 5.54. The zero-order valence-electron chi connectivity index (χ0n) is 12.4. The summed E-state index contributed by atoms with van der Waals surface area (Å²) in [5.74, 6) is 2.16. The number of ether oxygens (including phenoxy) is 1. The molecule has 1 fully saturated rings. The summed E-state index contributed by atoms with van der Waals surface area (Å²) in [6.07, 6.45) is 6.03. The lowest BCUT2D eigenvalue weighted by atomic mass is 9.68. The minimum absolute atomic E-state index is 0.139. The summed E-state index contributed by atoms with van der Waals surface area (Å²) in [6.45, 7) is 0. The van der Waals surface area contributed by atoms with Crippen LogP contribution in [0.5, 0.6) is 11.5 Å². The number of phenols is 1. The first-order valence-corrected chi connectivity index (χ1v) is 7.97. The smallest absolute Gasteiger partial charge is 0.126 e. The van der Waals surface area contributed by atoms with E-state index in [0.29, 0.717) is 17.6 Å². The van der Waals surface area contributed by atoms with Crippen LogP contribution in [-0.4, -0.2) is 23.4 Å². The molecule has 0 saturated heterocycles. The molecule has 3 heteroatoms. The van der Waals surface area contributed by atoms with Crippen molar-refractivity contribution in [2.75, 3.05) is 7.11 Å². The molecule has 3 aliphatic carbocycles. The Bertz CT molecular complexity index is 600. The highest BCUT2D eigenvalue weighted by Gasteiger charge is 2.39. The van der Waals surface area contributed by atoms with Gasteiger partial charge in [0.2, 0.25) is 0 Å². The fourth-order valence-electron chi connectivity index (χ4n) is 4.79. The predicted molar refractivity (Wildman–Crippen MR) is 80.7 cm³/mol. The molecular formula is C18H22O3. The Hall–Kier alpha value is -1.48. The summed E-state index contributed by atoms with van der Waals surface area (Å²) in [7, 11) is 1.68. The molecule has 3 aliphatic rings. The van der Waals surface area contributed by atoms with Gasteiger partial charge in [-0.3, -0.25) is 0 Å². The topological polar surface area (TPSA) is 49.7 Å². The van der Waals surface area contributed by atoms with Gasteiger partial charge in [-0.05, 0) is 56.1 Å². The quantitative estimate of drug-likeness (QED) is 0.779. The van der Waals surface area contributed by atoms with Crippen molar-refractivity contribution in [3.63, 3.8) is 0 Å². The third-order valence-corrected chi connectivity index (χ3v) is 5.59. The number of aliphatic hydroxyl groups excluding tert-OH is 1. The van der Waals surface area contributed by atoms with Crippen LogP contribution in [0.25, 0.3) is 0 Å². The second-order valence-corrected chi connectivity index (χ2v) is 6.69. The van der Waals surface area contributed by atoms with Crippen molar-refractivity contribution in [2.24, 2.45) is 5.92 Å². The minimum Gasteiger partial charge on any atom is -0.508 e. The van der Waals surface area contributed by atoms with E-state index in [1.54, 1.807) is 18.7 Å². The van der Waals surface area contributed by atoms with Gasteiger partial charge in [-0.25, -0.2) is 0 Å². The van der Waals surface area contributed by atoms with Crippen LogP contribution in [0.15, 0.2) is 23.3 Å². The molecule has 2 N–H and O–H groups in total. The number of aryl methyl sites for hydroxylation is 1. The molecule has 1 aromatic rings. The third kappa shape index (κ3) is 1.98. The van der Waals surface area contributed by atoms with Gasteiger partial charge in [0.1, 0.15) is 11.5 Å². The maximum atomic E-state index is 9.99. The molecule has 1 saturated carbocycles. The Balaban J connectivity index is 1.84.